The fourth-order valence-corrected chi connectivity index (χ4v) is 1.23. The largest absolute Gasteiger partial charge is 0.341 e. The number of nitrogens with two attached hydrogens (primary N) is 1. The van der Waals surface area contributed by atoms with E-state index in [0.717, 1.165) is 0 Å². The Morgan fingerprint density at radius 1 is 1.76 bits per heavy atom. The van der Waals surface area contributed by atoms with Crippen LogP contribution in [-0.4, -0.2) is 29.4 Å². The molecule has 0 atom stereocenters. The lowest BCUT2D eigenvalue weighted by molar-refractivity contribution is 0.0793. The number of nitriles is 1. The molecule has 0 spiro atoms. The number of anilines is 1. The Balaban J connectivity index is 2.93. The predicted octanol–water partition coefficient (Wildman–Crippen LogP) is 0.492. The normalized spacial score (nSPS) is 9.53. The maximum atomic E-state index is 13.7. The van der Waals surface area contributed by atoms with Gasteiger partial charge < -0.3 is 10.3 Å². The summed E-state index contributed by atoms with van der Waals surface area (Å²) in [5.41, 5.74) is 1.93. The first-order valence-corrected chi connectivity index (χ1v) is 4.85. The Kier molecular flexibility index (Phi) is 4.37. The Labute approximate surface area is 97.8 Å². The topological polar surface area (TPSA) is 95.0 Å². The van der Waals surface area contributed by atoms with Gasteiger partial charge in [-0.2, -0.15) is 5.26 Å². The number of aromatic nitrogens is 1. The van der Waals surface area contributed by atoms with Crippen molar-refractivity contribution in [2.75, 3.05) is 19.0 Å². The molecule has 3 N–H and O–H groups in total. The van der Waals surface area contributed by atoms with Gasteiger partial charge in [0, 0.05) is 19.8 Å². The van der Waals surface area contributed by atoms with Crippen molar-refractivity contribution in [1.82, 2.24) is 9.88 Å². The molecule has 0 aliphatic rings. The predicted molar refractivity (Wildman–Crippen MR) is 59.2 cm³/mol. The average Bonchev–Trinajstić information content (AvgIpc) is 2.35. The second-order valence-corrected chi connectivity index (χ2v) is 3.30. The lowest BCUT2D eigenvalue weighted by Gasteiger charge is -2.16. The number of carbonyl (C=O) groups excluding carboxylic acids is 1. The number of halogens is 1. The Bertz CT molecular complexity index is 456. The molecule has 1 heterocycles. The van der Waals surface area contributed by atoms with Gasteiger partial charge >= 0.3 is 0 Å². The third-order valence-electron chi connectivity index (χ3n) is 2.16. The molecule has 0 radical (unpaired) electrons. The summed E-state index contributed by atoms with van der Waals surface area (Å²) in [6.07, 6.45) is 1.47. The molecule has 17 heavy (non-hydrogen) atoms. The number of amides is 1. The zero-order valence-corrected chi connectivity index (χ0v) is 9.27. The molecule has 0 aliphatic heterocycles. The number of nitrogens with zero attached hydrogens (tertiary/aromatic N) is 3. The molecule has 7 heteroatoms. The van der Waals surface area contributed by atoms with Crippen LogP contribution in [0.4, 0.5) is 10.2 Å². The molecule has 0 saturated heterocycles. The Morgan fingerprint density at radius 3 is 3.06 bits per heavy atom. The summed E-state index contributed by atoms with van der Waals surface area (Å²) in [6, 6.07) is 3.18. The van der Waals surface area contributed by atoms with Gasteiger partial charge in [0.25, 0.3) is 5.91 Å². The quantitative estimate of drug-likeness (QED) is 0.587. The molecule has 0 aromatic carbocycles. The molecule has 0 fully saturated rings. The number of nitrogens with one attached hydrogen (secondary N) is 1. The molecule has 1 amide bonds. The maximum absolute atomic E-state index is 13.7. The van der Waals surface area contributed by atoms with Crippen LogP contribution >= 0.6 is 0 Å². The van der Waals surface area contributed by atoms with Gasteiger partial charge in [-0.3, -0.25) is 4.79 Å². The highest BCUT2D eigenvalue weighted by atomic mass is 19.1. The van der Waals surface area contributed by atoms with Crippen molar-refractivity contribution in [3.63, 3.8) is 0 Å². The van der Waals surface area contributed by atoms with Crippen molar-refractivity contribution in [1.29, 1.82) is 5.26 Å². The molecule has 1 aromatic heterocycles. The minimum absolute atomic E-state index is 0.131. The van der Waals surface area contributed by atoms with Gasteiger partial charge in [0.2, 0.25) is 0 Å². The van der Waals surface area contributed by atoms with E-state index in [1.165, 1.54) is 24.2 Å². The highest BCUT2D eigenvalue weighted by Gasteiger charge is 2.18. The van der Waals surface area contributed by atoms with Crippen molar-refractivity contribution in [2.24, 2.45) is 5.84 Å². The summed E-state index contributed by atoms with van der Waals surface area (Å²) in [6.45, 7) is 0.239. The van der Waals surface area contributed by atoms with Gasteiger partial charge in [0.05, 0.1) is 18.1 Å². The van der Waals surface area contributed by atoms with Crippen LogP contribution in [0.2, 0.25) is 0 Å². The number of hydrogen-bond donors (Lipinski definition) is 2. The molecule has 0 unspecified atom stereocenters. The van der Waals surface area contributed by atoms with Crippen molar-refractivity contribution in [3.05, 3.63) is 23.6 Å². The van der Waals surface area contributed by atoms with Crippen molar-refractivity contribution >= 4 is 11.7 Å². The number of pyridine rings is 1. The Hall–Kier alpha value is -2.20. The van der Waals surface area contributed by atoms with Crippen LogP contribution in [0, 0.1) is 17.1 Å². The van der Waals surface area contributed by atoms with Crippen molar-refractivity contribution < 1.29 is 9.18 Å². The summed E-state index contributed by atoms with van der Waals surface area (Å²) in [7, 11) is 1.50. The van der Waals surface area contributed by atoms with E-state index in [-0.39, 0.29) is 24.3 Å². The number of hydrogen-bond acceptors (Lipinski definition) is 5. The third-order valence-corrected chi connectivity index (χ3v) is 2.16. The fourth-order valence-electron chi connectivity index (χ4n) is 1.23. The third kappa shape index (κ3) is 2.89. The summed E-state index contributed by atoms with van der Waals surface area (Å²) in [4.78, 5) is 16.7. The van der Waals surface area contributed by atoms with Gasteiger partial charge in [0.15, 0.2) is 11.6 Å². The molecule has 0 aliphatic carbocycles. The standard InChI is InChI=1S/C10H12FN5O/c1-16(6-2-4-12)10(17)7-3-5-14-9(15-13)8(7)11/h3,5H,2,6,13H2,1H3,(H,14,15). The van der Waals surface area contributed by atoms with Gasteiger partial charge in [-0.25, -0.2) is 15.2 Å². The highest BCUT2D eigenvalue weighted by Crippen LogP contribution is 2.15. The molecule has 1 rings (SSSR count). The van der Waals surface area contributed by atoms with Crippen LogP contribution in [0.5, 0.6) is 0 Å². The molecular weight excluding hydrogens is 225 g/mol. The van der Waals surface area contributed by atoms with E-state index in [4.69, 9.17) is 11.1 Å². The van der Waals surface area contributed by atoms with E-state index in [0.29, 0.717) is 0 Å². The van der Waals surface area contributed by atoms with E-state index in [2.05, 4.69) is 10.4 Å². The van der Waals surface area contributed by atoms with Crippen LogP contribution in [0.25, 0.3) is 0 Å². The Morgan fingerprint density at radius 2 is 2.47 bits per heavy atom. The summed E-state index contributed by atoms with van der Waals surface area (Å²) in [5, 5.41) is 8.41. The van der Waals surface area contributed by atoms with E-state index >= 15 is 0 Å². The summed E-state index contributed by atoms with van der Waals surface area (Å²) in [5.74, 6) is 3.55. The molecule has 0 saturated carbocycles. The highest BCUT2D eigenvalue weighted by molar-refractivity contribution is 5.95. The summed E-state index contributed by atoms with van der Waals surface area (Å²) >= 11 is 0. The van der Waals surface area contributed by atoms with Crippen molar-refractivity contribution in [3.8, 4) is 6.07 Å². The van der Waals surface area contributed by atoms with E-state index in [1.807, 2.05) is 6.07 Å². The molecule has 1 aromatic rings. The first-order valence-electron chi connectivity index (χ1n) is 4.85. The van der Waals surface area contributed by atoms with E-state index in [9.17, 15) is 9.18 Å². The molecule has 90 valence electrons. The van der Waals surface area contributed by atoms with Crippen molar-refractivity contribution in [2.45, 2.75) is 6.42 Å². The minimum atomic E-state index is -0.802. The number of nitrogen functional groups attached to an aromatic ring is 1. The van der Waals surface area contributed by atoms with E-state index in [1.54, 1.807) is 0 Å². The maximum Gasteiger partial charge on any atom is 0.256 e. The zero-order chi connectivity index (χ0) is 12.8. The van der Waals surface area contributed by atoms with Gasteiger partial charge in [0.1, 0.15) is 0 Å². The van der Waals surface area contributed by atoms with Gasteiger partial charge in [-0.1, -0.05) is 0 Å². The number of rotatable bonds is 4. The van der Waals surface area contributed by atoms with Crippen LogP contribution in [0.3, 0.4) is 0 Å². The fraction of sp³-hybridized carbons (Fsp3) is 0.300. The number of carbonyl (C=O) groups is 1. The lowest BCUT2D eigenvalue weighted by atomic mass is 10.2. The smallest absolute Gasteiger partial charge is 0.256 e. The monoisotopic (exact) mass is 237 g/mol. The minimum Gasteiger partial charge on any atom is -0.341 e. The molecular formula is C10H12FN5O. The van der Waals surface area contributed by atoms with Crippen LogP contribution in [-0.2, 0) is 0 Å². The second-order valence-electron chi connectivity index (χ2n) is 3.30. The van der Waals surface area contributed by atoms with Gasteiger partial charge in [-0.15, -0.1) is 0 Å². The average molecular weight is 237 g/mol. The molecule has 6 nitrogen and oxygen atoms in total. The van der Waals surface area contributed by atoms with Crippen LogP contribution in [0.15, 0.2) is 12.3 Å². The molecule has 0 bridgehead atoms. The first kappa shape index (κ1) is 12.9. The summed E-state index contributed by atoms with van der Waals surface area (Å²) < 4.78 is 13.7. The lowest BCUT2D eigenvalue weighted by Crippen LogP contribution is -2.29. The van der Waals surface area contributed by atoms with Gasteiger partial charge in [-0.05, 0) is 6.07 Å². The number of hydrazine groups is 1. The van der Waals surface area contributed by atoms with Crippen LogP contribution in [0.1, 0.15) is 16.8 Å². The first-order chi connectivity index (χ1) is 8.11. The SMILES string of the molecule is CN(CCC#N)C(=O)c1ccnc(NN)c1F. The van der Waals surface area contributed by atoms with E-state index < -0.39 is 11.7 Å². The zero-order valence-electron chi connectivity index (χ0n) is 9.27. The second kappa shape index (κ2) is 5.77. The van der Waals surface area contributed by atoms with Crippen LogP contribution < -0.4 is 11.3 Å².